The van der Waals surface area contributed by atoms with E-state index in [1.54, 1.807) is 7.11 Å². The summed E-state index contributed by atoms with van der Waals surface area (Å²) < 4.78 is 5.09. The van der Waals surface area contributed by atoms with Crippen LogP contribution in [0.5, 0.6) is 0 Å². The fourth-order valence-corrected chi connectivity index (χ4v) is 3.63. The third-order valence-electron chi connectivity index (χ3n) is 3.26. The lowest BCUT2D eigenvalue weighted by Gasteiger charge is -2.21. The Bertz CT molecular complexity index is 166. The van der Waals surface area contributed by atoms with E-state index in [0.29, 0.717) is 0 Å². The molecule has 1 aliphatic carbocycles. The summed E-state index contributed by atoms with van der Waals surface area (Å²) in [7, 11) is 1.78. The summed E-state index contributed by atoms with van der Waals surface area (Å²) >= 11 is 2.09. The van der Waals surface area contributed by atoms with Crippen molar-refractivity contribution in [3.8, 4) is 0 Å². The van der Waals surface area contributed by atoms with E-state index in [1.165, 1.54) is 25.8 Å². The normalized spacial score (nSPS) is 31.0. The van der Waals surface area contributed by atoms with Crippen molar-refractivity contribution >= 4 is 11.8 Å². The van der Waals surface area contributed by atoms with Crippen LogP contribution in [0.15, 0.2) is 0 Å². The number of nitrogens with one attached hydrogen (secondary N) is 1. The highest BCUT2D eigenvalue weighted by atomic mass is 32.2. The first-order chi connectivity index (χ1) is 7.29. The van der Waals surface area contributed by atoms with Gasteiger partial charge in [-0.25, -0.2) is 0 Å². The lowest BCUT2D eigenvalue weighted by Crippen LogP contribution is -2.33. The highest BCUT2D eigenvalue weighted by Crippen LogP contribution is 2.34. The molecule has 0 aromatic carbocycles. The van der Waals surface area contributed by atoms with Crippen molar-refractivity contribution < 1.29 is 4.74 Å². The molecule has 0 aromatic heterocycles. The van der Waals surface area contributed by atoms with Crippen LogP contribution in [0.25, 0.3) is 0 Å². The minimum Gasteiger partial charge on any atom is -0.384 e. The molecule has 0 radical (unpaired) electrons. The van der Waals surface area contributed by atoms with Gasteiger partial charge in [0.15, 0.2) is 0 Å². The van der Waals surface area contributed by atoms with E-state index in [9.17, 15) is 0 Å². The summed E-state index contributed by atoms with van der Waals surface area (Å²) in [5.41, 5.74) is 0. The monoisotopic (exact) mass is 231 g/mol. The highest BCUT2D eigenvalue weighted by molar-refractivity contribution is 7.99. The third kappa shape index (κ3) is 4.33. The fourth-order valence-electron chi connectivity index (χ4n) is 2.26. The molecule has 0 aliphatic heterocycles. The van der Waals surface area contributed by atoms with Crippen molar-refractivity contribution in [2.75, 3.05) is 26.0 Å². The lowest BCUT2D eigenvalue weighted by molar-refractivity contribution is 0.218. The van der Waals surface area contributed by atoms with E-state index in [4.69, 9.17) is 4.74 Å². The Morgan fingerprint density at radius 3 is 2.87 bits per heavy atom. The van der Waals surface area contributed by atoms with Gasteiger partial charge in [0.05, 0.1) is 6.61 Å². The van der Waals surface area contributed by atoms with Gasteiger partial charge in [-0.3, -0.25) is 0 Å². The van der Waals surface area contributed by atoms with Crippen molar-refractivity contribution in [2.45, 2.75) is 44.4 Å². The molecular weight excluding hydrogens is 206 g/mol. The molecule has 15 heavy (non-hydrogen) atoms. The van der Waals surface area contributed by atoms with Gasteiger partial charge in [-0.05, 0) is 31.7 Å². The highest BCUT2D eigenvalue weighted by Gasteiger charge is 2.32. The first kappa shape index (κ1) is 13.3. The van der Waals surface area contributed by atoms with Crippen LogP contribution in [0, 0.1) is 5.92 Å². The zero-order valence-corrected chi connectivity index (χ0v) is 11.1. The average Bonchev–Trinajstić information content (AvgIpc) is 2.58. The van der Waals surface area contributed by atoms with Crippen LogP contribution in [0.3, 0.4) is 0 Å². The smallest absolute Gasteiger partial charge is 0.0553 e. The summed E-state index contributed by atoms with van der Waals surface area (Å²) in [5.74, 6) is 1.96. The van der Waals surface area contributed by atoms with E-state index in [0.717, 1.165) is 29.6 Å². The van der Waals surface area contributed by atoms with Gasteiger partial charge in [0.25, 0.3) is 0 Å². The Morgan fingerprint density at radius 2 is 2.20 bits per heavy atom. The number of methoxy groups -OCH3 is 1. The van der Waals surface area contributed by atoms with E-state index in [2.05, 4.69) is 30.9 Å². The molecule has 0 amide bonds. The van der Waals surface area contributed by atoms with Crippen LogP contribution >= 0.6 is 11.8 Å². The van der Waals surface area contributed by atoms with Crippen molar-refractivity contribution in [1.29, 1.82) is 0 Å². The Kier molecular flexibility index (Phi) is 6.69. The topological polar surface area (TPSA) is 21.3 Å². The second-order valence-electron chi connectivity index (χ2n) is 4.40. The molecule has 0 spiro atoms. The van der Waals surface area contributed by atoms with Gasteiger partial charge in [0.1, 0.15) is 0 Å². The van der Waals surface area contributed by atoms with Crippen LogP contribution in [0.2, 0.25) is 0 Å². The minimum atomic E-state index is 0.755. The Morgan fingerprint density at radius 1 is 1.40 bits per heavy atom. The molecular formula is C12H25NOS. The Hall–Kier alpha value is 0.270. The number of hydrogen-bond acceptors (Lipinski definition) is 3. The number of rotatable bonds is 7. The quantitative estimate of drug-likeness (QED) is 0.680. The second-order valence-corrected chi connectivity index (χ2v) is 5.75. The van der Waals surface area contributed by atoms with Gasteiger partial charge in [0, 0.05) is 24.2 Å². The fraction of sp³-hybridized carbons (Fsp3) is 1.00. The van der Waals surface area contributed by atoms with E-state index in [1.807, 2.05) is 0 Å². The summed E-state index contributed by atoms with van der Waals surface area (Å²) in [5, 5.41) is 4.50. The summed E-state index contributed by atoms with van der Waals surface area (Å²) in [6.07, 6.45) is 3.97. The molecule has 1 rings (SSSR count). The molecule has 1 N–H and O–H groups in total. The van der Waals surface area contributed by atoms with Gasteiger partial charge in [-0.1, -0.05) is 13.8 Å². The van der Waals surface area contributed by atoms with Crippen LogP contribution < -0.4 is 5.32 Å². The minimum absolute atomic E-state index is 0.755. The molecule has 90 valence electrons. The predicted octanol–water partition coefficient (Wildman–Crippen LogP) is 2.53. The Labute approximate surface area is 98.5 Å². The van der Waals surface area contributed by atoms with E-state index >= 15 is 0 Å². The standard InChI is InChI=1S/C12H25NOS/c1-4-7-13-11-5-6-12(10(11)2)15-9-8-14-3/h10-13H,4-9H2,1-3H3. The lowest BCUT2D eigenvalue weighted by atomic mass is 10.1. The maximum Gasteiger partial charge on any atom is 0.0553 e. The van der Waals surface area contributed by atoms with Gasteiger partial charge in [0.2, 0.25) is 0 Å². The van der Waals surface area contributed by atoms with Gasteiger partial charge < -0.3 is 10.1 Å². The van der Waals surface area contributed by atoms with E-state index < -0.39 is 0 Å². The Balaban J connectivity index is 2.19. The molecule has 1 saturated carbocycles. The zero-order valence-electron chi connectivity index (χ0n) is 10.3. The maximum absolute atomic E-state index is 5.09. The van der Waals surface area contributed by atoms with Crippen molar-refractivity contribution in [3.63, 3.8) is 0 Å². The number of thioether (sulfide) groups is 1. The number of ether oxygens (including phenoxy) is 1. The molecule has 3 unspecified atom stereocenters. The summed E-state index contributed by atoms with van der Waals surface area (Å²) in [6.45, 7) is 6.69. The largest absolute Gasteiger partial charge is 0.384 e. The van der Waals surface area contributed by atoms with Crippen molar-refractivity contribution in [1.82, 2.24) is 5.32 Å². The maximum atomic E-state index is 5.09. The summed E-state index contributed by atoms with van der Waals surface area (Å²) in [4.78, 5) is 0. The molecule has 1 fully saturated rings. The zero-order chi connectivity index (χ0) is 11.1. The van der Waals surface area contributed by atoms with Crippen molar-refractivity contribution in [2.24, 2.45) is 5.92 Å². The number of hydrogen-bond donors (Lipinski definition) is 1. The molecule has 0 aromatic rings. The second kappa shape index (κ2) is 7.53. The first-order valence-electron chi connectivity index (χ1n) is 6.13. The van der Waals surface area contributed by atoms with Gasteiger partial charge >= 0.3 is 0 Å². The molecule has 3 heteroatoms. The molecule has 0 heterocycles. The predicted molar refractivity (Wildman–Crippen MR) is 68.6 cm³/mol. The molecule has 0 bridgehead atoms. The van der Waals surface area contributed by atoms with Crippen LogP contribution in [0.4, 0.5) is 0 Å². The van der Waals surface area contributed by atoms with Crippen LogP contribution in [-0.2, 0) is 4.74 Å². The van der Waals surface area contributed by atoms with Crippen LogP contribution in [-0.4, -0.2) is 37.3 Å². The molecule has 3 atom stereocenters. The first-order valence-corrected chi connectivity index (χ1v) is 7.18. The summed E-state index contributed by atoms with van der Waals surface area (Å²) in [6, 6.07) is 0.755. The SMILES string of the molecule is CCCNC1CCC(SCCOC)C1C. The average molecular weight is 231 g/mol. The molecule has 1 aliphatic rings. The molecule has 2 nitrogen and oxygen atoms in total. The van der Waals surface area contributed by atoms with Crippen LogP contribution in [0.1, 0.15) is 33.1 Å². The third-order valence-corrected chi connectivity index (χ3v) is 4.75. The molecule has 0 saturated heterocycles. The van der Waals surface area contributed by atoms with E-state index in [-0.39, 0.29) is 0 Å². The van der Waals surface area contributed by atoms with Gasteiger partial charge in [-0.2, -0.15) is 11.8 Å². The van der Waals surface area contributed by atoms with Gasteiger partial charge in [-0.15, -0.1) is 0 Å². The van der Waals surface area contributed by atoms with Crippen molar-refractivity contribution in [3.05, 3.63) is 0 Å².